The molecule has 0 saturated heterocycles. The molecule has 2 aromatic rings. The van der Waals surface area contributed by atoms with E-state index in [-0.39, 0.29) is 26.9 Å². The summed E-state index contributed by atoms with van der Waals surface area (Å²) in [6.07, 6.45) is 0. The molecular formula is C15H17N2Ru. The summed E-state index contributed by atoms with van der Waals surface area (Å²) in [6.45, 7) is 0. The van der Waals surface area contributed by atoms with Crippen LogP contribution in [0.15, 0.2) is 60.7 Å². The van der Waals surface area contributed by atoms with Crippen LogP contribution in [0, 0.1) is 7.43 Å². The van der Waals surface area contributed by atoms with Gasteiger partial charge in [0.15, 0.2) is 0 Å². The maximum Gasteiger partial charge on any atom is 3.00 e. The van der Waals surface area contributed by atoms with Gasteiger partial charge in [0.1, 0.15) is 0 Å². The van der Waals surface area contributed by atoms with E-state index in [2.05, 4.69) is 0 Å². The Morgan fingerprint density at radius 1 is 0.611 bits per heavy atom. The van der Waals surface area contributed by atoms with Gasteiger partial charge in [-0.2, -0.15) is 0 Å². The van der Waals surface area contributed by atoms with E-state index in [4.69, 9.17) is 11.5 Å². The van der Waals surface area contributed by atoms with Crippen molar-refractivity contribution in [2.45, 2.75) is 12.1 Å². The minimum Gasteiger partial charge on any atom is -0.672 e. The Bertz CT molecular complexity index is 387. The molecule has 0 aliphatic carbocycles. The first-order valence-electron chi connectivity index (χ1n) is 5.31. The van der Waals surface area contributed by atoms with Crippen LogP contribution in [0.5, 0.6) is 0 Å². The normalized spacial score (nSPS) is 12.8. The molecule has 0 spiro atoms. The van der Waals surface area contributed by atoms with Crippen molar-refractivity contribution in [3.05, 3.63) is 90.7 Å². The molecule has 0 aromatic heterocycles. The van der Waals surface area contributed by atoms with Gasteiger partial charge in [-0.25, -0.2) is 0 Å². The SMILES string of the molecule is [CH3-].[NH-]C(c1ccccc1)C([NH-])c1ccccc1.[Ru+3]. The van der Waals surface area contributed by atoms with Crippen molar-refractivity contribution in [2.75, 3.05) is 0 Å². The molecular weight excluding hydrogens is 309 g/mol. The van der Waals surface area contributed by atoms with Gasteiger partial charge in [0.25, 0.3) is 0 Å². The van der Waals surface area contributed by atoms with Crippen molar-refractivity contribution < 1.29 is 19.5 Å². The molecule has 2 nitrogen and oxygen atoms in total. The molecule has 2 rings (SSSR count). The van der Waals surface area contributed by atoms with Crippen LogP contribution in [0.3, 0.4) is 0 Å². The van der Waals surface area contributed by atoms with Crippen molar-refractivity contribution in [3.63, 3.8) is 0 Å². The van der Waals surface area contributed by atoms with Crippen LogP contribution in [0.2, 0.25) is 0 Å². The Morgan fingerprint density at radius 2 is 0.889 bits per heavy atom. The molecule has 95 valence electrons. The second-order valence-corrected chi connectivity index (χ2v) is 3.78. The molecule has 1 radical (unpaired) electrons. The van der Waals surface area contributed by atoms with Gasteiger partial charge in [-0.1, -0.05) is 71.8 Å². The average Bonchev–Trinajstić information content (AvgIpc) is 2.39. The predicted octanol–water partition coefficient (Wildman–Crippen LogP) is 5.02. The van der Waals surface area contributed by atoms with Crippen LogP contribution in [-0.2, 0) is 19.5 Å². The first-order valence-corrected chi connectivity index (χ1v) is 5.31. The molecule has 0 bridgehead atoms. The van der Waals surface area contributed by atoms with Crippen molar-refractivity contribution in [3.8, 4) is 0 Å². The number of benzene rings is 2. The van der Waals surface area contributed by atoms with Gasteiger partial charge in [-0.3, -0.25) is 0 Å². The second-order valence-electron chi connectivity index (χ2n) is 3.78. The zero-order valence-corrected chi connectivity index (χ0v) is 12.0. The Balaban J connectivity index is 0.00000144. The number of nitrogens with one attached hydrogen (secondary N) is 2. The monoisotopic (exact) mass is 327 g/mol. The summed E-state index contributed by atoms with van der Waals surface area (Å²) in [7, 11) is 0. The van der Waals surface area contributed by atoms with Gasteiger partial charge in [0.2, 0.25) is 0 Å². The maximum absolute atomic E-state index is 8.07. The maximum atomic E-state index is 8.07. The van der Waals surface area contributed by atoms with E-state index in [0.717, 1.165) is 11.1 Å². The third kappa shape index (κ3) is 4.02. The minimum atomic E-state index is -0.524. The second kappa shape index (κ2) is 8.15. The summed E-state index contributed by atoms with van der Waals surface area (Å²) in [5.74, 6) is 0. The van der Waals surface area contributed by atoms with E-state index in [1.165, 1.54) is 0 Å². The molecule has 18 heavy (non-hydrogen) atoms. The van der Waals surface area contributed by atoms with Crippen molar-refractivity contribution in [1.82, 2.24) is 0 Å². The fraction of sp³-hybridized carbons (Fsp3) is 0.133. The number of hydrogen-bond acceptors (Lipinski definition) is 0. The standard InChI is InChI=1S/C14H14N2.CH3.Ru/c15-13(11-7-3-1-4-8-11)14(16)12-9-5-2-6-10-12;;/h1-10,13-16H;1H3;/q-2;-1;+3. The van der Waals surface area contributed by atoms with E-state index < -0.39 is 12.1 Å². The largest absolute Gasteiger partial charge is 3.00 e. The van der Waals surface area contributed by atoms with Crippen LogP contribution in [-0.4, -0.2) is 0 Å². The average molecular weight is 326 g/mol. The van der Waals surface area contributed by atoms with Gasteiger partial charge in [-0.05, 0) is 0 Å². The molecule has 2 unspecified atom stereocenters. The van der Waals surface area contributed by atoms with Crippen LogP contribution >= 0.6 is 0 Å². The quantitative estimate of drug-likeness (QED) is 0.561. The Morgan fingerprint density at radius 3 is 1.17 bits per heavy atom. The Kier molecular flexibility index (Phi) is 7.69. The summed E-state index contributed by atoms with van der Waals surface area (Å²) in [6, 6.07) is 18.1. The number of rotatable bonds is 3. The zero-order chi connectivity index (χ0) is 11.4. The number of hydrogen-bond donors (Lipinski definition) is 0. The van der Waals surface area contributed by atoms with E-state index in [0.29, 0.717) is 0 Å². The van der Waals surface area contributed by atoms with Crippen LogP contribution in [0.4, 0.5) is 0 Å². The topological polar surface area (TPSA) is 47.6 Å². The van der Waals surface area contributed by atoms with E-state index in [1.807, 2.05) is 60.7 Å². The van der Waals surface area contributed by atoms with Crippen molar-refractivity contribution in [1.29, 1.82) is 0 Å². The van der Waals surface area contributed by atoms with E-state index in [1.54, 1.807) is 0 Å². The molecule has 0 fully saturated rings. The predicted molar refractivity (Wildman–Crippen MR) is 73.4 cm³/mol. The Labute approximate surface area is 122 Å². The molecule has 0 aliphatic heterocycles. The third-order valence-corrected chi connectivity index (χ3v) is 2.65. The summed E-state index contributed by atoms with van der Waals surface area (Å²) in [5, 5.41) is 0. The molecule has 0 aliphatic rings. The first kappa shape index (κ1) is 17.0. The summed E-state index contributed by atoms with van der Waals surface area (Å²) >= 11 is 0. The first-order chi connectivity index (χ1) is 7.79. The van der Waals surface area contributed by atoms with Gasteiger partial charge >= 0.3 is 19.5 Å². The van der Waals surface area contributed by atoms with Gasteiger partial charge in [-0.15, -0.1) is 12.1 Å². The summed E-state index contributed by atoms with van der Waals surface area (Å²) in [5.41, 5.74) is 17.9. The van der Waals surface area contributed by atoms with Gasteiger partial charge in [0, 0.05) is 0 Å². The van der Waals surface area contributed by atoms with Crippen LogP contribution in [0.25, 0.3) is 11.5 Å². The molecule has 2 atom stereocenters. The Hall–Kier alpha value is -1.02. The zero-order valence-electron chi connectivity index (χ0n) is 10.3. The minimum absolute atomic E-state index is 0. The van der Waals surface area contributed by atoms with Crippen molar-refractivity contribution >= 4 is 0 Å². The summed E-state index contributed by atoms with van der Waals surface area (Å²) < 4.78 is 0. The molecule has 0 saturated carbocycles. The third-order valence-electron chi connectivity index (χ3n) is 2.65. The fourth-order valence-electron chi connectivity index (χ4n) is 1.71. The smallest absolute Gasteiger partial charge is 0.672 e. The van der Waals surface area contributed by atoms with E-state index >= 15 is 0 Å². The van der Waals surface area contributed by atoms with Crippen LogP contribution in [0.1, 0.15) is 23.2 Å². The molecule has 3 heteroatoms. The summed E-state index contributed by atoms with van der Waals surface area (Å²) in [4.78, 5) is 0. The van der Waals surface area contributed by atoms with E-state index in [9.17, 15) is 0 Å². The van der Waals surface area contributed by atoms with Gasteiger partial charge < -0.3 is 18.9 Å². The van der Waals surface area contributed by atoms with Gasteiger partial charge in [0.05, 0.1) is 0 Å². The molecule has 0 heterocycles. The molecule has 2 aromatic carbocycles. The fourth-order valence-corrected chi connectivity index (χ4v) is 1.71. The molecule has 2 N–H and O–H groups in total. The van der Waals surface area contributed by atoms with Crippen LogP contribution < -0.4 is 0 Å². The van der Waals surface area contributed by atoms with Crippen molar-refractivity contribution in [2.24, 2.45) is 0 Å². The molecule has 0 amide bonds.